The highest BCUT2D eigenvalue weighted by atomic mass is 19.4. The molecule has 0 radical (unpaired) electrons. The van der Waals surface area contributed by atoms with Crippen molar-refractivity contribution in [3.63, 3.8) is 0 Å². The Morgan fingerprint density at radius 2 is 1.36 bits per heavy atom. The third-order valence-corrected chi connectivity index (χ3v) is 6.17. The summed E-state index contributed by atoms with van der Waals surface area (Å²) < 4.78 is 78.4. The minimum absolute atomic E-state index is 0.183. The summed E-state index contributed by atoms with van der Waals surface area (Å²) in [6, 6.07) is 20.9. The molecule has 0 bridgehead atoms. The molecule has 0 saturated carbocycles. The van der Waals surface area contributed by atoms with E-state index in [1.165, 1.54) is 12.1 Å². The van der Waals surface area contributed by atoms with Gasteiger partial charge in [0.1, 0.15) is 5.82 Å². The Morgan fingerprint density at radius 1 is 0.818 bits per heavy atom. The van der Waals surface area contributed by atoms with E-state index in [1.54, 1.807) is 0 Å². The van der Waals surface area contributed by atoms with Crippen molar-refractivity contribution in [1.29, 1.82) is 0 Å². The number of anilines is 2. The first-order valence-electron chi connectivity index (χ1n) is 12.9. The van der Waals surface area contributed by atoms with Crippen molar-refractivity contribution in [2.24, 2.45) is 0 Å². The zero-order chi connectivity index (χ0) is 32.5. The predicted octanol–water partition coefficient (Wildman–Crippen LogP) is 6.26. The monoisotopic (exact) mass is 629 g/mol. The van der Waals surface area contributed by atoms with E-state index in [4.69, 9.17) is 29.9 Å². The number of pyridine rings is 1. The van der Waals surface area contributed by atoms with Gasteiger partial charge in [-0.15, -0.1) is 0 Å². The van der Waals surface area contributed by atoms with Gasteiger partial charge in [-0.1, -0.05) is 30.3 Å². The first-order chi connectivity index (χ1) is 20.6. The minimum atomic E-state index is -5.08. The number of benzene rings is 2. The molecule has 3 heterocycles. The summed E-state index contributed by atoms with van der Waals surface area (Å²) in [6.07, 6.45) is -6.11. The maximum absolute atomic E-state index is 13.1. The van der Waals surface area contributed by atoms with Crippen LogP contribution in [0.25, 0.3) is 5.65 Å². The Morgan fingerprint density at radius 3 is 1.89 bits per heavy atom. The average molecular weight is 630 g/mol. The fraction of sp³-hybridized carbons (Fsp3) is 0.286. The second-order valence-electron chi connectivity index (χ2n) is 9.46. The number of nitrogens with one attached hydrogen (secondary N) is 1. The lowest BCUT2D eigenvalue weighted by Crippen LogP contribution is -2.32. The van der Waals surface area contributed by atoms with Crippen LogP contribution in [-0.4, -0.2) is 67.1 Å². The van der Waals surface area contributed by atoms with Gasteiger partial charge in [0, 0.05) is 18.2 Å². The topological polar surface area (TPSA) is 120 Å². The molecule has 0 unspecified atom stereocenters. The molecule has 0 aliphatic carbocycles. The molecule has 2 aromatic heterocycles. The molecule has 1 fully saturated rings. The summed E-state index contributed by atoms with van der Waals surface area (Å²) in [5.74, 6) is -4.40. The Kier molecular flexibility index (Phi) is 11.2. The summed E-state index contributed by atoms with van der Waals surface area (Å²) in [7, 11) is 0. The number of para-hydroxylation sites is 1. The van der Waals surface area contributed by atoms with Gasteiger partial charge >= 0.3 is 24.3 Å². The summed E-state index contributed by atoms with van der Waals surface area (Å²) in [6.45, 7) is 2.86. The number of nitrogens with zero attached hydrogens (tertiary/aromatic N) is 4. The number of rotatable bonds is 5. The van der Waals surface area contributed by atoms with Crippen molar-refractivity contribution in [2.45, 2.75) is 37.7 Å². The standard InChI is InChI=1S/C24H24FN5.2C2HF3O2/c25-20-8-6-18(7-9-20)16-29-14-12-19(13-15-29)24-27-23-11-10-22(17-30(23)28-24)26-21-4-2-1-3-5-21;2*3-2(4,5)1(6)7/h1-11,17,19,26H,12-16H2;2*(H,6,7). The lowest BCUT2D eigenvalue weighted by Gasteiger charge is -2.30. The van der Waals surface area contributed by atoms with E-state index < -0.39 is 24.3 Å². The lowest BCUT2D eigenvalue weighted by molar-refractivity contribution is -0.193. The number of alkyl halides is 6. The van der Waals surface area contributed by atoms with Crippen molar-refractivity contribution >= 4 is 29.0 Å². The number of carboxylic acids is 2. The summed E-state index contributed by atoms with van der Waals surface area (Å²) in [5, 5.41) is 22.4. The zero-order valence-electron chi connectivity index (χ0n) is 22.7. The van der Waals surface area contributed by atoms with Crippen LogP contribution in [0.4, 0.5) is 42.1 Å². The van der Waals surface area contributed by atoms with Crippen LogP contribution in [0, 0.1) is 5.82 Å². The number of likely N-dealkylation sites (tertiary alicyclic amines) is 1. The molecule has 44 heavy (non-hydrogen) atoms. The second-order valence-corrected chi connectivity index (χ2v) is 9.46. The molecule has 5 rings (SSSR count). The van der Waals surface area contributed by atoms with E-state index in [-0.39, 0.29) is 5.82 Å². The molecule has 0 atom stereocenters. The van der Waals surface area contributed by atoms with Crippen molar-refractivity contribution in [3.05, 3.63) is 90.1 Å². The Bertz CT molecular complexity index is 1500. The quantitative estimate of drug-likeness (QED) is 0.222. The van der Waals surface area contributed by atoms with E-state index in [0.29, 0.717) is 5.92 Å². The fourth-order valence-corrected chi connectivity index (χ4v) is 4.03. The number of piperidine rings is 1. The molecule has 3 N–H and O–H groups in total. The zero-order valence-corrected chi connectivity index (χ0v) is 22.7. The first kappa shape index (κ1) is 33.8. The predicted molar refractivity (Wildman–Crippen MR) is 144 cm³/mol. The van der Waals surface area contributed by atoms with Gasteiger partial charge in [0.05, 0.1) is 11.9 Å². The van der Waals surface area contributed by atoms with E-state index in [1.807, 2.05) is 65.3 Å². The number of aromatic nitrogens is 3. The largest absolute Gasteiger partial charge is 0.490 e. The van der Waals surface area contributed by atoms with Gasteiger partial charge in [-0.2, -0.15) is 31.4 Å². The number of aliphatic carboxylic acids is 2. The molecule has 16 heteroatoms. The fourth-order valence-electron chi connectivity index (χ4n) is 4.03. The first-order valence-corrected chi connectivity index (χ1v) is 12.9. The van der Waals surface area contributed by atoms with E-state index in [9.17, 15) is 30.7 Å². The van der Waals surface area contributed by atoms with Gasteiger partial charge in [0.2, 0.25) is 0 Å². The SMILES string of the molecule is Fc1ccc(CN2CCC(c3nc4ccc(Nc5ccccc5)cn4n3)CC2)cc1.O=C(O)C(F)(F)F.O=C(O)C(F)(F)F. The molecule has 9 nitrogen and oxygen atoms in total. The summed E-state index contributed by atoms with van der Waals surface area (Å²) in [5.41, 5.74) is 4.06. The molecule has 4 aromatic rings. The van der Waals surface area contributed by atoms with Gasteiger partial charge < -0.3 is 15.5 Å². The van der Waals surface area contributed by atoms with Gasteiger partial charge in [-0.3, -0.25) is 4.90 Å². The lowest BCUT2D eigenvalue weighted by atomic mass is 9.96. The van der Waals surface area contributed by atoms with Gasteiger partial charge in [-0.05, 0) is 67.9 Å². The highest BCUT2D eigenvalue weighted by Crippen LogP contribution is 2.27. The smallest absolute Gasteiger partial charge is 0.475 e. The Hall–Kier alpha value is -4.73. The van der Waals surface area contributed by atoms with E-state index >= 15 is 0 Å². The molecule has 1 saturated heterocycles. The van der Waals surface area contributed by atoms with Crippen molar-refractivity contribution in [2.75, 3.05) is 18.4 Å². The molecule has 1 aliphatic rings. The van der Waals surface area contributed by atoms with Crippen LogP contribution in [0.2, 0.25) is 0 Å². The van der Waals surface area contributed by atoms with Gasteiger partial charge in [0.15, 0.2) is 11.5 Å². The Balaban J connectivity index is 0.000000317. The van der Waals surface area contributed by atoms with Crippen molar-refractivity contribution in [1.82, 2.24) is 19.5 Å². The number of hydrogen-bond acceptors (Lipinski definition) is 6. The highest BCUT2D eigenvalue weighted by Gasteiger charge is 2.38. The molecule has 1 aliphatic heterocycles. The maximum atomic E-state index is 13.1. The van der Waals surface area contributed by atoms with Crippen LogP contribution in [-0.2, 0) is 16.1 Å². The van der Waals surface area contributed by atoms with Crippen LogP contribution >= 0.6 is 0 Å². The highest BCUT2D eigenvalue weighted by molar-refractivity contribution is 5.73. The van der Waals surface area contributed by atoms with E-state index in [2.05, 4.69) is 10.2 Å². The second kappa shape index (κ2) is 14.6. The average Bonchev–Trinajstić information content (AvgIpc) is 3.38. The van der Waals surface area contributed by atoms with Crippen LogP contribution in [0.5, 0.6) is 0 Å². The maximum Gasteiger partial charge on any atom is 0.490 e. The van der Waals surface area contributed by atoms with Crippen LogP contribution < -0.4 is 5.32 Å². The number of carboxylic acid groups (broad SMARTS) is 2. The van der Waals surface area contributed by atoms with Crippen molar-refractivity contribution < 1.29 is 50.5 Å². The van der Waals surface area contributed by atoms with Gasteiger partial charge in [-0.25, -0.2) is 23.5 Å². The number of hydrogen-bond donors (Lipinski definition) is 3. The molecule has 2 aromatic carbocycles. The molecular formula is C28H26F7N5O4. The summed E-state index contributed by atoms with van der Waals surface area (Å²) >= 11 is 0. The Labute approximate surface area is 245 Å². The summed E-state index contributed by atoms with van der Waals surface area (Å²) in [4.78, 5) is 25.0. The van der Waals surface area contributed by atoms with Gasteiger partial charge in [0.25, 0.3) is 0 Å². The number of halogens is 7. The molecule has 236 valence electrons. The van der Waals surface area contributed by atoms with Crippen LogP contribution in [0.3, 0.4) is 0 Å². The number of carbonyl (C=O) groups is 2. The minimum Gasteiger partial charge on any atom is -0.475 e. The third kappa shape index (κ3) is 10.5. The molecule has 0 spiro atoms. The van der Waals surface area contributed by atoms with E-state index in [0.717, 1.165) is 60.9 Å². The normalized spacial score (nSPS) is 14.2. The number of fused-ring (bicyclic) bond motifs is 1. The third-order valence-electron chi connectivity index (χ3n) is 6.17. The van der Waals surface area contributed by atoms with Crippen molar-refractivity contribution in [3.8, 4) is 0 Å². The molecule has 0 amide bonds. The molecular weight excluding hydrogens is 603 g/mol. The van der Waals surface area contributed by atoms with Crippen LogP contribution in [0.15, 0.2) is 72.9 Å². The van der Waals surface area contributed by atoms with Crippen LogP contribution in [0.1, 0.15) is 30.1 Å².